The summed E-state index contributed by atoms with van der Waals surface area (Å²) in [6, 6.07) is 8.29. The lowest BCUT2D eigenvalue weighted by Crippen LogP contribution is -2.54. The Labute approximate surface area is 174 Å². The lowest BCUT2D eigenvalue weighted by molar-refractivity contribution is -0.135. The van der Waals surface area contributed by atoms with E-state index < -0.39 is 5.54 Å². The van der Waals surface area contributed by atoms with Crippen molar-refractivity contribution in [1.29, 1.82) is 0 Å². The van der Waals surface area contributed by atoms with Crippen LogP contribution in [0.25, 0.3) is 0 Å². The molecule has 1 aliphatic carbocycles. The van der Waals surface area contributed by atoms with Crippen LogP contribution in [0.1, 0.15) is 57.4 Å². The smallest absolute Gasteiger partial charge is 0.326 e. The van der Waals surface area contributed by atoms with E-state index in [0.29, 0.717) is 13.2 Å². The maximum atomic E-state index is 13.2. The molecule has 29 heavy (non-hydrogen) atoms. The normalized spacial score (nSPS) is 27.8. The molecular formula is C23H34N4O2. The zero-order valence-corrected chi connectivity index (χ0v) is 17.8. The summed E-state index contributed by atoms with van der Waals surface area (Å²) in [6.45, 7) is 5.35. The summed E-state index contributed by atoms with van der Waals surface area (Å²) in [7, 11) is 1.99. The molecule has 3 amide bonds. The minimum absolute atomic E-state index is 0.0362. The zero-order valence-electron chi connectivity index (χ0n) is 17.8. The van der Waals surface area contributed by atoms with Gasteiger partial charge >= 0.3 is 6.03 Å². The molecule has 1 aromatic rings. The van der Waals surface area contributed by atoms with Gasteiger partial charge in [-0.2, -0.15) is 0 Å². The number of urea groups is 1. The Morgan fingerprint density at radius 1 is 1.10 bits per heavy atom. The lowest BCUT2D eigenvalue weighted by atomic mass is 9.73. The summed E-state index contributed by atoms with van der Waals surface area (Å²) in [5.74, 6) is 0.161. The first kappa shape index (κ1) is 20.2. The topological polar surface area (TPSA) is 55.9 Å². The van der Waals surface area contributed by atoms with E-state index in [1.165, 1.54) is 35.4 Å². The summed E-state index contributed by atoms with van der Waals surface area (Å²) in [4.78, 5) is 31.8. The van der Waals surface area contributed by atoms with Crippen LogP contribution in [0.5, 0.6) is 0 Å². The van der Waals surface area contributed by atoms with E-state index >= 15 is 0 Å². The summed E-state index contributed by atoms with van der Waals surface area (Å²) in [5, 5.41) is 3.05. The third-order valence-corrected chi connectivity index (χ3v) is 7.01. The van der Waals surface area contributed by atoms with Gasteiger partial charge in [0.1, 0.15) is 5.54 Å². The Bertz CT molecular complexity index is 761. The number of carbonyl (C=O) groups is 2. The number of hydrogen-bond acceptors (Lipinski definition) is 4. The van der Waals surface area contributed by atoms with E-state index in [1.54, 1.807) is 0 Å². The molecule has 2 heterocycles. The highest BCUT2D eigenvalue weighted by Gasteiger charge is 2.54. The summed E-state index contributed by atoms with van der Waals surface area (Å²) >= 11 is 0. The predicted octanol–water partition coefficient (Wildman–Crippen LogP) is 3.57. The van der Waals surface area contributed by atoms with Crippen LogP contribution in [0, 0.1) is 5.92 Å². The minimum atomic E-state index is -0.679. The number of carbonyl (C=O) groups excluding carboxylic acids is 2. The van der Waals surface area contributed by atoms with Crippen LogP contribution >= 0.6 is 0 Å². The van der Waals surface area contributed by atoms with Crippen LogP contribution in [-0.4, -0.2) is 54.1 Å². The number of benzene rings is 1. The van der Waals surface area contributed by atoms with Crippen LogP contribution < -0.4 is 10.2 Å². The molecule has 3 aliphatic rings. The quantitative estimate of drug-likeness (QED) is 0.771. The van der Waals surface area contributed by atoms with Crippen molar-refractivity contribution in [3.8, 4) is 0 Å². The number of piperidine rings is 1. The Kier molecular flexibility index (Phi) is 5.81. The highest BCUT2D eigenvalue weighted by Crippen LogP contribution is 2.38. The Hall–Kier alpha value is -2.08. The zero-order chi connectivity index (χ0) is 20.4. The monoisotopic (exact) mass is 398 g/mol. The molecule has 2 atom stereocenters. The van der Waals surface area contributed by atoms with E-state index in [2.05, 4.69) is 46.3 Å². The van der Waals surface area contributed by atoms with Crippen LogP contribution in [0.4, 0.5) is 10.5 Å². The molecule has 1 N–H and O–H groups in total. The molecule has 0 bridgehead atoms. The van der Waals surface area contributed by atoms with Gasteiger partial charge in [-0.05, 0) is 56.7 Å². The van der Waals surface area contributed by atoms with Gasteiger partial charge < -0.3 is 10.2 Å². The molecule has 2 saturated heterocycles. The molecule has 2 aliphatic heterocycles. The average molecular weight is 399 g/mol. The second kappa shape index (κ2) is 8.34. The van der Waals surface area contributed by atoms with Gasteiger partial charge in [-0.25, -0.2) is 9.69 Å². The molecule has 1 spiro atoms. The minimum Gasteiger partial charge on any atom is -0.371 e. The van der Waals surface area contributed by atoms with Crippen molar-refractivity contribution in [3.63, 3.8) is 0 Å². The fraction of sp³-hybridized carbons (Fsp3) is 0.652. The summed E-state index contributed by atoms with van der Waals surface area (Å²) in [6.07, 6.45) is 7.70. The fourth-order valence-corrected chi connectivity index (χ4v) is 5.29. The molecule has 158 valence electrons. The molecule has 6 heteroatoms. The van der Waals surface area contributed by atoms with Crippen molar-refractivity contribution in [3.05, 3.63) is 29.8 Å². The maximum absolute atomic E-state index is 13.2. The summed E-state index contributed by atoms with van der Waals surface area (Å²) < 4.78 is 0. The predicted molar refractivity (Wildman–Crippen MR) is 115 cm³/mol. The molecule has 2 unspecified atom stereocenters. The van der Waals surface area contributed by atoms with Crippen molar-refractivity contribution in [2.45, 2.75) is 64.0 Å². The molecule has 1 saturated carbocycles. The first-order valence-electron chi connectivity index (χ1n) is 11.2. The van der Waals surface area contributed by atoms with Gasteiger partial charge in [-0.3, -0.25) is 9.69 Å². The second-order valence-corrected chi connectivity index (χ2v) is 9.11. The molecule has 0 radical (unpaired) electrons. The van der Waals surface area contributed by atoms with E-state index in [4.69, 9.17) is 0 Å². The van der Waals surface area contributed by atoms with Crippen molar-refractivity contribution >= 4 is 17.6 Å². The highest BCUT2D eigenvalue weighted by atomic mass is 16.2. The standard InChI is InChI=1S/C23H34N4O2/c1-18-10-6-7-13-23(18)21(28)27(22(29)24-23)17-25(2)16-19-11-4-5-12-20(19)26-14-8-3-9-15-26/h4-5,11-12,18H,3,6-10,13-17H2,1-2H3,(H,24,29). The van der Waals surface area contributed by atoms with Gasteiger partial charge in [0.25, 0.3) is 5.91 Å². The second-order valence-electron chi connectivity index (χ2n) is 9.11. The van der Waals surface area contributed by atoms with E-state index in [9.17, 15) is 9.59 Å². The van der Waals surface area contributed by atoms with Crippen molar-refractivity contribution < 1.29 is 9.59 Å². The number of nitrogens with zero attached hydrogens (tertiary/aromatic N) is 3. The van der Waals surface area contributed by atoms with Gasteiger partial charge in [0.2, 0.25) is 0 Å². The summed E-state index contributed by atoms with van der Waals surface area (Å²) in [5.41, 5.74) is 1.86. The van der Waals surface area contributed by atoms with E-state index in [-0.39, 0.29) is 17.9 Å². The van der Waals surface area contributed by atoms with Crippen LogP contribution in [0.2, 0.25) is 0 Å². The van der Waals surface area contributed by atoms with Crippen molar-refractivity contribution in [2.24, 2.45) is 5.92 Å². The number of para-hydroxylation sites is 1. The van der Waals surface area contributed by atoms with Crippen LogP contribution in [0.15, 0.2) is 24.3 Å². The Morgan fingerprint density at radius 3 is 2.62 bits per heavy atom. The van der Waals surface area contributed by atoms with Crippen LogP contribution in [-0.2, 0) is 11.3 Å². The first-order chi connectivity index (χ1) is 14.0. The third-order valence-electron chi connectivity index (χ3n) is 7.01. The highest BCUT2D eigenvalue weighted by molar-refractivity contribution is 6.07. The SMILES string of the molecule is CC1CCCCC12NC(=O)N(CN(C)Cc1ccccc1N1CCCCC1)C2=O. The van der Waals surface area contributed by atoms with Gasteiger partial charge in [0, 0.05) is 25.3 Å². The van der Waals surface area contributed by atoms with Crippen LogP contribution in [0.3, 0.4) is 0 Å². The third kappa shape index (κ3) is 3.87. The number of rotatable bonds is 5. The fourth-order valence-electron chi connectivity index (χ4n) is 5.29. The van der Waals surface area contributed by atoms with Crippen molar-refractivity contribution in [1.82, 2.24) is 15.1 Å². The van der Waals surface area contributed by atoms with Gasteiger partial charge in [0.05, 0.1) is 6.67 Å². The number of imide groups is 1. The van der Waals surface area contributed by atoms with Gasteiger partial charge in [-0.15, -0.1) is 0 Å². The van der Waals surface area contributed by atoms with Gasteiger partial charge in [0.15, 0.2) is 0 Å². The number of anilines is 1. The van der Waals surface area contributed by atoms with E-state index in [1.807, 2.05) is 7.05 Å². The molecule has 0 aromatic heterocycles. The maximum Gasteiger partial charge on any atom is 0.326 e. The largest absolute Gasteiger partial charge is 0.371 e. The molecule has 6 nitrogen and oxygen atoms in total. The average Bonchev–Trinajstić information content (AvgIpc) is 2.96. The molecule has 3 fully saturated rings. The Morgan fingerprint density at radius 2 is 1.86 bits per heavy atom. The number of nitrogens with one attached hydrogen (secondary N) is 1. The number of hydrogen-bond donors (Lipinski definition) is 1. The lowest BCUT2D eigenvalue weighted by Gasteiger charge is -2.37. The molecule has 1 aromatic carbocycles. The van der Waals surface area contributed by atoms with Crippen molar-refractivity contribution in [2.75, 3.05) is 31.7 Å². The number of amides is 3. The Balaban J connectivity index is 1.44. The van der Waals surface area contributed by atoms with E-state index in [0.717, 1.165) is 38.8 Å². The van der Waals surface area contributed by atoms with Gasteiger partial charge in [-0.1, -0.05) is 38.0 Å². The molecular weight excluding hydrogens is 364 g/mol. The molecule has 4 rings (SSSR count). The first-order valence-corrected chi connectivity index (χ1v) is 11.2.